The van der Waals surface area contributed by atoms with E-state index in [1.54, 1.807) is 6.07 Å². The number of carbonyl (C=O) groups is 1. The first-order valence-electron chi connectivity index (χ1n) is 8.35. The number of methoxy groups -OCH3 is 1. The van der Waals surface area contributed by atoms with Gasteiger partial charge in [0.15, 0.2) is 28.8 Å². The standard InChI is InChI=1S/C19H15FN2O5S/c1-24-14-7-6-11(8-12(14)20)13(23)10-28-19-22-21-18(27-19)17-9-25-15-4-2-3-5-16(15)26-17/h2-8,17H,9-10H2,1H3/t17-/m0/s1. The van der Waals surface area contributed by atoms with Crippen molar-refractivity contribution in [3.8, 4) is 17.2 Å². The first-order chi connectivity index (χ1) is 13.6. The van der Waals surface area contributed by atoms with E-state index in [-0.39, 0.29) is 40.6 Å². The Morgan fingerprint density at radius 1 is 1.25 bits per heavy atom. The second kappa shape index (κ2) is 7.89. The molecule has 1 aliphatic rings. The number of hydrogen-bond donors (Lipinski definition) is 0. The van der Waals surface area contributed by atoms with Gasteiger partial charge >= 0.3 is 0 Å². The van der Waals surface area contributed by atoms with Gasteiger partial charge in [-0.15, -0.1) is 10.2 Å². The number of fused-ring (bicyclic) bond motifs is 1. The molecule has 0 amide bonds. The van der Waals surface area contributed by atoms with Crippen molar-refractivity contribution in [2.75, 3.05) is 19.5 Å². The fraction of sp³-hybridized carbons (Fsp3) is 0.211. The Kier molecular flexibility index (Phi) is 5.16. The maximum absolute atomic E-state index is 13.7. The monoisotopic (exact) mass is 402 g/mol. The largest absolute Gasteiger partial charge is 0.494 e. The number of benzene rings is 2. The zero-order chi connectivity index (χ0) is 19.5. The summed E-state index contributed by atoms with van der Waals surface area (Å²) in [5.41, 5.74) is 0.242. The number of aromatic nitrogens is 2. The van der Waals surface area contributed by atoms with Crippen molar-refractivity contribution in [3.05, 3.63) is 59.7 Å². The van der Waals surface area contributed by atoms with Crippen LogP contribution in [0.2, 0.25) is 0 Å². The Morgan fingerprint density at radius 2 is 2.07 bits per heavy atom. The van der Waals surface area contributed by atoms with Gasteiger partial charge in [0.1, 0.15) is 6.61 Å². The highest BCUT2D eigenvalue weighted by molar-refractivity contribution is 7.99. The molecule has 7 nitrogen and oxygen atoms in total. The molecule has 2 aromatic carbocycles. The van der Waals surface area contributed by atoms with Crippen molar-refractivity contribution in [2.45, 2.75) is 11.3 Å². The summed E-state index contributed by atoms with van der Waals surface area (Å²) in [6.07, 6.45) is -0.525. The Bertz CT molecular complexity index is 1010. The van der Waals surface area contributed by atoms with Gasteiger partial charge in [0.2, 0.25) is 6.10 Å². The van der Waals surface area contributed by atoms with E-state index in [0.29, 0.717) is 11.5 Å². The molecule has 3 aromatic rings. The number of carbonyl (C=O) groups excluding carboxylic acids is 1. The summed E-state index contributed by atoms with van der Waals surface area (Å²) in [6, 6.07) is 11.4. The topological polar surface area (TPSA) is 83.7 Å². The first kappa shape index (κ1) is 18.3. The smallest absolute Gasteiger partial charge is 0.277 e. The fourth-order valence-corrected chi connectivity index (χ4v) is 3.26. The molecule has 0 spiro atoms. The summed E-state index contributed by atoms with van der Waals surface area (Å²) in [7, 11) is 1.36. The van der Waals surface area contributed by atoms with Crippen LogP contribution >= 0.6 is 11.8 Å². The molecular weight excluding hydrogens is 387 g/mol. The van der Waals surface area contributed by atoms with Crippen molar-refractivity contribution in [2.24, 2.45) is 0 Å². The van der Waals surface area contributed by atoms with E-state index in [9.17, 15) is 9.18 Å². The van der Waals surface area contributed by atoms with Gasteiger partial charge in [0.05, 0.1) is 12.9 Å². The Labute approximate surface area is 163 Å². The van der Waals surface area contributed by atoms with Gasteiger partial charge in [-0.25, -0.2) is 4.39 Å². The summed E-state index contributed by atoms with van der Waals surface area (Å²) in [4.78, 5) is 12.3. The van der Waals surface area contributed by atoms with Crippen molar-refractivity contribution in [1.29, 1.82) is 0 Å². The molecule has 0 fully saturated rings. The second-order valence-electron chi connectivity index (χ2n) is 5.83. The lowest BCUT2D eigenvalue weighted by Crippen LogP contribution is -2.21. The number of thioether (sulfide) groups is 1. The van der Waals surface area contributed by atoms with E-state index in [4.69, 9.17) is 18.6 Å². The summed E-state index contributed by atoms with van der Waals surface area (Å²) >= 11 is 1.07. The number of Topliss-reactive ketones (excluding diaryl/α,β-unsaturated/α-hetero) is 1. The molecule has 0 aliphatic carbocycles. The van der Waals surface area contributed by atoms with Crippen LogP contribution in [0.1, 0.15) is 22.4 Å². The van der Waals surface area contributed by atoms with Gasteiger partial charge < -0.3 is 18.6 Å². The van der Waals surface area contributed by atoms with Crippen molar-refractivity contribution >= 4 is 17.5 Å². The average Bonchev–Trinajstić information content (AvgIpc) is 3.20. The van der Waals surface area contributed by atoms with E-state index in [1.807, 2.05) is 18.2 Å². The number of hydrogen-bond acceptors (Lipinski definition) is 8. The number of para-hydroxylation sites is 2. The van der Waals surface area contributed by atoms with Crippen molar-refractivity contribution in [1.82, 2.24) is 10.2 Å². The van der Waals surface area contributed by atoms with Crippen LogP contribution in [0.3, 0.4) is 0 Å². The maximum atomic E-state index is 13.7. The van der Waals surface area contributed by atoms with Crippen LogP contribution < -0.4 is 14.2 Å². The molecule has 9 heteroatoms. The predicted octanol–water partition coefficient (Wildman–Crippen LogP) is 3.70. The molecular formula is C19H15FN2O5S. The minimum Gasteiger partial charge on any atom is -0.494 e. The highest BCUT2D eigenvalue weighted by Gasteiger charge is 2.27. The van der Waals surface area contributed by atoms with Gasteiger partial charge in [-0.05, 0) is 30.3 Å². The molecule has 144 valence electrons. The molecule has 0 N–H and O–H groups in total. The summed E-state index contributed by atoms with van der Waals surface area (Å²) < 4.78 is 35.6. The maximum Gasteiger partial charge on any atom is 0.277 e. The molecule has 0 bridgehead atoms. The highest BCUT2D eigenvalue weighted by Crippen LogP contribution is 2.36. The lowest BCUT2D eigenvalue weighted by molar-refractivity contribution is 0.0686. The molecule has 0 radical (unpaired) electrons. The molecule has 2 heterocycles. The summed E-state index contributed by atoms with van der Waals surface area (Å²) in [5, 5.41) is 8.11. The fourth-order valence-electron chi connectivity index (χ4n) is 2.60. The lowest BCUT2D eigenvalue weighted by atomic mass is 10.1. The van der Waals surface area contributed by atoms with Gasteiger partial charge in [-0.3, -0.25) is 4.79 Å². The zero-order valence-electron chi connectivity index (χ0n) is 14.8. The molecule has 0 saturated heterocycles. The lowest BCUT2D eigenvalue weighted by Gasteiger charge is -2.23. The van der Waals surface area contributed by atoms with Gasteiger partial charge in [-0.2, -0.15) is 0 Å². The molecule has 4 rings (SSSR count). The van der Waals surface area contributed by atoms with Crippen LogP contribution in [-0.2, 0) is 0 Å². The quantitative estimate of drug-likeness (QED) is 0.456. The molecule has 28 heavy (non-hydrogen) atoms. The highest BCUT2D eigenvalue weighted by atomic mass is 32.2. The van der Waals surface area contributed by atoms with Crippen LogP contribution in [0.25, 0.3) is 0 Å². The van der Waals surface area contributed by atoms with Crippen LogP contribution in [0.15, 0.2) is 52.1 Å². The number of nitrogens with zero attached hydrogens (tertiary/aromatic N) is 2. The molecule has 1 aliphatic heterocycles. The number of rotatable bonds is 6. The van der Waals surface area contributed by atoms with Crippen LogP contribution in [0, 0.1) is 5.82 Å². The van der Waals surface area contributed by atoms with Crippen LogP contribution in [0.5, 0.6) is 17.2 Å². The van der Waals surface area contributed by atoms with E-state index in [2.05, 4.69) is 10.2 Å². The van der Waals surface area contributed by atoms with E-state index < -0.39 is 11.9 Å². The van der Waals surface area contributed by atoms with Gasteiger partial charge in [0, 0.05) is 5.56 Å². The molecule has 0 saturated carbocycles. The normalized spacial score (nSPS) is 15.3. The number of halogens is 1. The third-order valence-corrected chi connectivity index (χ3v) is 4.83. The third-order valence-electron chi connectivity index (χ3n) is 4.01. The van der Waals surface area contributed by atoms with E-state index in [1.165, 1.54) is 19.2 Å². The molecule has 1 atom stereocenters. The zero-order valence-corrected chi connectivity index (χ0v) is 15.6. The first-order valence-corrected chi connectivity index (χ1v) is 9.34. The Hall–Kier alpha value is -3.07. The minimum atomic E-state index is -0.590. The average molecular weight is 402 g/mol. The van der Waals surface area contributed by atoms with E-state index >= 15 is 0 Å². The van der Waals surface area contributed by atoms with Gasteiger partial charge in [0.25, 0.3) is 11.1 Å². The Morgan fingerprint density at radius 3 is 2.86 bits per heavy atom. The summed E-state index contributed by atoms with van der Waals surface area (Å²) in [5.74, 6) is 0.777. The van der Waals surface area contributed by atoms with Crippen molar-refractivity contribution in [3.63, 3.8) is 0 Å². The molecule has 0 unspecified atom stereocenters. The van der Waals surface area contributed by atoms with E-state index in [0.717, 1.165) is 17.8 Å². The third kappa shape index (κ3) is 3.79. The number of ether oxygens (including phenoxy) is 3. The minimum absolute atomic E-state index is 0.0261. The SMILES string of the molecule is COc1ccc(C(=O)CSc2nnc([C@@H]3COc4ccccc4O3)o2)cc1F. The number of ketones is 1. The van der Waals surface area contributed by atoms with Gasteiger partial charge in [-0.1, -0.05) is 23.9 Å². The summed E-state index contributed by atoms with van der Waals surface area (Å²) in [6.45, 7) is 0.243. The van der Waals surface area contributed by atoms with Crippen LogP contribution in [0.4, 0.5) is 4.39 Å². The Balaban J connectivity index is 1.38. The molecule has 1 aromatic heterocycles. The predicted molar refractivity (Wildman–Crippen MR) is 97.6 cm³/mol. The van der Waals surface area contributed by atoms with Crippen LogP contribution in [-0.4, -0.2) is 35.5 Å². The van der Waals surface area contributed by atoms with Crippen molar-refractivity contribution < 1.29 is 27.8 Å². The second-order valence-corrected chi connectivity index (χ2v) is 6.76.